The highest BCUT2D eigenvalue weighted by Crippen LogP contribution is 2.26. The summed E-state index contributed by atoms with van der Waals surface area (Å²) in [4.78, 5) is 25.4. The third-order valence-electron chi connectivity index (χ3n) is 4.36. The van der Waals surface area contributed by atoms with Crippen molar-refractivity contribution < 1.29 is 41.0 Å². The Morgan fingerprint density at radius 3 is 2.32 bits per heavy atom. The minimum absolute atomic E-state index is 0.0648. The molecule has 0 radical (unpaired) electrons. The maximum absolute atomic E-state index is 13.0. The Morgan fingerprint density at radius 1 is 1.18 bits per heavy atom. The first-order valence-corrected chi connectivity index (χ1v) is 9.26. The molecule has 182 valence electrons. The quantitative estimate of drug-likeness (QED) is 0.512. The summed E-state index contributed by atoms with van der Waals surface area (Å²) in [7, 11) is 1.51. The zero-order chi connectivity index (χ0) is 25.3. The van der Waals surface area contributed by atoms with Crippen molar-refractivity contribution in [2.24, 2.45) is 7.05 Å². The number of carbonyl (C=O) groups is 1. The molecule has 0 fully saturated rings. The third kappa shape index (κ3) is 5.72. The van der Waals surface area contributed by atoms with Crippen molar-refractivity contribution in [3.8, 4) is 22.7 Å². The zero-order valence-corrected chi connectivity index (χ0v) is 17.1. The van der Waals surface area contributed by atoms with Crippen LogP contribution in [0.5, 0.6) is 5.75 Å². The molecule has 0 spiro atoms. The number of carbonyl (C=O) groups excluding carboxylic acids is 1. The Labute approximate surface area is 186 Å². The van der Waals surface area contributed by atoms with Crippen molar-refractivity contribution in [1.29, 1.82) is 0 Å². The number of aliphatic hydroxyl groups is 1. The van der Waals surface area contributed by atoms with Gasteiger partial charge in [-0.2, -0.15) is 28.1 Å². The Bertz CT molecular complexity index is 1230. The van der Waals surface area contributed by atoms with Gasteiger partial charge in [0.15, 0.2) is 0 Å². The average molecular weight is 491 g/mol. The van der Waals surface area contributed by atoms with Gasteiger partial charge in [0.1, 0.15) is 23.0 Å². The summed E-state index contributed by atoms with van der Waals surface area (Å²) in [5.41, 5.74) is -1.79. The number of halogens is 6. The smallest absolute Gasteiger partial charge is 0.406 e. The second-order valence-electron chi connectivity index (χ2n) is 6.85. The molecule has 2 N–H and O–H groups in total. The van der Waals surface area contributed by atoms with Crippen LogP contribution in [0.1, 0.15) is 10.4 Å². The molecule has 9 nitrogen and oxygen atoms in total. The normalized spacial score (nSPS) is 12.9. The van der Waals surface area contributed by atoms with E-state index in [-0.39, 0.29) is 16.9 Å². The maximum Gasteiger partial charge on any atom is 0.573 e. The largest absolute Gasteiger partial charge is 0.573 e. The van der Waals surface area contributed by atoms with Crippen LogP contribution in [0.3, 0.4) is 0 Å². The fourth-order valence-corrected chi connectivity index (χ4v) is 2.79. The Hall–Kier alpha value is -3.88. The van der Waals surface area contributed by atoms with Gasteiger partial charge in [-0.3, -0.25) is 14.3 Å². The highest BCUT2D eigenvalue weighted by atomic mass is 19.4. The van der Waals surface area contributed by atoms with Gasteiger partial charge < -0.3 is 15.2 Å². The second kappa shape index (κ2) is 9.17. The van der Waals surface area contributed by atoms with Gasteiger partial charge in [0.2, 0.25) is 0 Å². The molecule has 2 aromatic heterocycles. The Kier molecular flexibility index (Phi) is 6.67. The molecule has 0 aliphatic heterocycles. The highest BCUT2D eigenvalue weighted by molar-refractivity contribution is 5.95. The molecule has 34 heavy (non-hydrogen) atoms. The molecule has 0 unspecified atom stereocenters. The number of aryl methyl sites for hydroxylation is 1. The van der Waals surface area contributed by atoms with Gasteiger partial charge in [-0.05, 0) is 30.3 Å². The molecular weight excluding hydrogens is 476 g/mol. The van der Waals surface area contributed by atoms with Gasteiger partial charge in [0.05, 0.1) is 24.7 Å². The standard InChI is InChI=1S/C19H15F6N5O4/c1-29-8-11(7-26-29)30-17(33)13(16(32)27-15(9-31)18(20,21)22)6-14(28-30)10-2-4-12(5-3-10)34-19(23,24)25/h2-8,15,31H,9H2,1H3,(H,27,32)/t15-/m1/s1. The lowest BCUT2D eigenvalue weighted by Gasteiger charge is -2.19. The number of amides is 1. The predicted octanol–water partition coefficient (Wildman–Crippen LogP) is 2.18. The summed E-state index contributed by atoms with van der Waals surface area (Å²) in [6.07, 6.45) is -7.38. The van der Waals surface area contributed by atoms with Crippen LogP contribution in [0.25, 0.3) is 16.9 Å². The van der Waals surface area contributed by atoms with Crippen LogP contribution in [0, 0.1) is 0 Å². The number of nitrogens with one attached hydrogen (secondary N) is 1. The summed E-state index contributed by atoms with van der Waals surface area (Å²) in [5.74, 6) is -1.99. The average Bonchev–Trinajstić information content (AvgIpc) is 3.16. The number of nitrogens with zero attached hydrogens (tertiary/aromatic N) is 4. The summed E-state index contributed by atoms with van der Waals surface area (Å²) in [5, 5.41) is 18.4. The van der Waals surface area contributed by atoms with Crippen LogP contribution in [-0.4, -0.2) is 55.8 Å². The van der Waals surface area contributed by atoms with Gasteiger partial charge in [0, 0.05) is 12.6 Å². The van der Waals surface area contributed by atoms with E-state index in [0.29, 0.717) is 4.68 Å². The first kappa shape index (κ1) is 24.8. The summed E-state index contributed by atoms with van der Waals surface area (Å²) in [6, 6.07) is 2.45. The Balaban J connectivity index is 2.08. The molecule has 15 heteroatoms. The fraction of sp³-hybridized carbons (Fsp3) is 0.263. The van der Waals surface area contributed by atoms with Gasteiger partial charge in [-0.1, -0.05) is 0 Å². The van der Waals surface area contributed by atoms with Crippen molar-refractivity contribution in [2.45, 2.75) is 18.6 Å². The van der Waals surface area contributed by atoms with E-state index in [1.807, 2.05) is 0 Å². The minimum atomic E-state index is -4.99. The molecule has 0 aliphatic carbocycles. The summed E-state index contributed by atoms with van der Waals surface area (Å²) in [6.45, 7) is -1.47. The number of aromatic nitrogens is 4. The van der Waals surface area contributed by atoms with Crippen molar-refractivity contribution in [2.75, 3.05) is 6.61 Å². The number of alkyl halides is 6. The lowest BCUT2D eigenvalue weighted by atomic mass is 10.1. The van der Waals surface area contributed by atoms with Crippen LogP contribution < -0.4 is 15.6 Å². The molecule has 2 heterocycles. The zero-order valence-electron chi connectivity index (χ0n) is 17.1. The first-order valence-electron chi connectivity index (χ1n) is 9.26. The molecule has 3 rings (SSSR count). The lowest BCUT2D eigenvalue weighted by molar-refractivity contribution is -0.274. The topological polar surface area (TPSA) is 111 Å². The SMILES string of the molecule is Cn1cc(-n2nc(-c3ccc(OC(F)(F)F)cc3)cc(C(=O)N[C@H](CO)C(F)(F)F)c2=O)cn1. The number of rotatable bonds is 6. The lowest BCUT2D eigenvalue weighted by Crippen LogP contribution is -2.49. The molecule has 0 aliphatic rings. The summed E-state index contributed by atoms with van der Waals surface area (Å²) < 4.78 is 81.9. The van der Waals surface area contributed by atoms with Gasteiger partial charge >= 0.3 is 12.5 Å². The number of ether oxygens (including phenoxy) is 1. The molecule has 0 saturated heterocycles. The van der Waals surface area contributed by atoms with E-state index in [2.05, 4.69) is 14.9 Å². The van der Waals surface area contributed by atoms with Gasteiger partial charge in [-0.15, -0.1) is 13.2 Å². The van der Waals surface area contributed by atoms with Crippen LogP contribution in [0.15, 0.2) is 47.5 Å². The van der Waals surface area contributed by atoms with E-state index in [1.54, 1.807) is 5.32 Å². The molecule has 1 amide bonds. The number of benzene rings is 1. The van der Waals surface area contributed by atoms with Crippen molar-refractivity contribution in [3.05, 3.63) is 58.6 Å². The molecule has 0 bridgehead atoms. The van der Waals surface area contributed by atoms with E-state index in [4.69, 9.17) is 5.11 Å². The van der Waals surface area contributed by atoms with E-state index in [1.165, 1.54) is 24.1 Å². The second-order valence-corrected chi connectivity index (χ2v) is 6.85. The van der Waals surface area contributed by atoms with E-state index >= 15 is 0 Å². The van der Waals surface area contributed by atoms with E-state index in [9.17, 15) is 35.9 Å². The third-order valence-corrected chi connectivity index (χ3v) is 4.36. The van der Waals surface area contributed by atoms with Crippen LogP contribution in [-0.2, 0) is 7.05 Å². The van der Waals surface area contributed by atoms with Crippen molar-refractivity contribution >= 4 is 5.91 Å². The van der Waals surface area contributed by atoms with E-state index < -0.39 is 48.0 Å². The van der Waals surface area contributed by atoms with Crippen LogP contribution in [0.2, 0.25) is 0 Å². The molecule has 1 aromatic carbocycles. The van der Waals surface area contributed by atoms with Gasteiger partial charge in [-0.25, -0.2) is 0 Å². The van der Waals surface area contributed by atoms with Gasteiger partial charge in [0.25, 0.3) is 11.5 Å². The first-order chi connectivity index (χ1) is 15.8. The number of aliphatic hydroxyl groups excluding tert-OH is 1. The maximum atomic E-state index is 13.0. The molecular formula is C19H15F6N5O4. The van der Waals surface area contributed by atoms with Crippen molar-refractivity contribution in [1.82, 2.24) is 24.9 Å². The molecule has 3 aromatic rings. The monoisotopic (exact) mass is 491 g/mol. The van der Waals surface area contributed by atoms with E-state index in [0.717, 1.165) is 30.3 Å². The van der Waals surface area contributed by atoms with Crippen molar-refractivity contribution in [3.63, 3.8) is 0 Å². The minimum Gasteiger partial charge on any atom is -0.406 e. The summed E-state index contributed by atoms with van der Waals surface area (Å²) >= 11 is 0. The predicted molar refractivity (Wildman–Crippen MR) is 103 cm³/mol. The fourth-order valence-electron chi connectivity index (χ4n) is 2.79. The highest BCUT2D eigenvalue weighted by Gasteiger charge is 2.40. The molecule has 1 atom stereocenters. The number of hydrogen-bond donors (Lipinski definition) is 2. The van der Waals surface area contributed by atoms with Crippen LogP contribution in [0.4, 0.5) is 26.3 Å². The Morgan fingerprint density at radius 2 is 1.82 bits per heavy atom. The molecule has 0 saturated carbocycles. The number of hydrogen-bond acceptors (Lipinski definition) is 6. The van der Waals surface area contributed by atoms with Crippen LogP contribution >= 0.6 is 0 Å².